The van der Waals surface area contributed by atoms with Crippen molar-refractivity contribution in [1.29, 1.82) is 0 Å². The first-order valence-corrected chi connectivity index (χ1v) is 16.2. The molecule has 8 heteroatoms. The number of benzene rings is 4. The SMILES string of the molecule is Cc1cc2c(c(C(OC(C)(C)C)C(=O)O)c1-c1ccc3c(c1)CCCO3)CCCN2S(=O)(=O)c1ccc2ccccc2c1. The molecular formula is C35H37NO6S. The van der Waals surface area contributed by atoms with Crippen LogP contribution in [0.5, 0.6) is 5.75 Å². The van der Waals surface area contributed by atoms with Gasteiger partial charge in [0.25, 0.3) is 10.0 Å². The summed E-state index contributed by atoms with van der Waals surface area (Å²) in [4.78, 5) is 13.1. The second-order valence-electron chi connectivity index (χ2n) is 12.4. The van der Waals surface area contributed by atoms with E-state index >= 15 is 0 Å². The minimum atomic E-state index is -3.94. The monoisotopic (exact) mass is 599 g/mol. The van der Waals surface area contributed by atoms with Gasteiger partial charge in [-0.25, -0.2) is 13.2 Å². The average Bonchev–Trinajstić information content (AvgIpc) is 2.98. The Balaban J connectivity index is 1.57. The van der Waals surface area contributed by atoms with E-state index in [0.29, 0.717) is 42.8 Å². The van der Waals surface area contributed by atoms with Crippen LogP contribution in [0, 0.1) is 6.92 Å². The molecule has 7 nitrogen and oxygen atoms in total. The lowest BCUT2D eigenvalue weighted by molar-refractivity contribution is -0.160. The molecule has 1 N–H and O–H groups in total. The summed E-state index contributed by atoms with van der Waals surface area (Å²) in [6.07, 6.45) is 1.58. The van der Waals surface area contributed by atoms with Gasteiger partial charge in [0.15, 0.2) is 6.10 Å². The van der Waals surface area contributed by atoms with Gasteiger partial charge in [-0.05, 0) is 122 Å². The number of hydrogen-bond donors (Lipinski definition) is 1. The van der Waals surface area contributed by atoms with E-state index in [0.717, 1.165) is 51.6 Å². The van der Waals surface area contributed by atoms with Crippen LogP contribution in [0.4, 0.5) is 5.69 Å². The zero-order valence-corrected chi connectivity index (χ0v) is 25.8. The van der Waals surface area contributed by atoms with Gasteiger partial charge in [0, 0.05) is 12.1 Å². The standard InChI is InChI=1S/C35H37NO6S/c1-22-19-29-28(12-7-17-36(29)43(39,40)27-15-13-23-9-5-6-10-24(23)21-27)32(33(34(37)38)42-35(2,3)4)31(22)26-14-16-30-25(20-26)11-8-18-41-30/h5-6,9-10,13-16,19-21,33H,7-8,11-12,17-18H2,1-4H3,(H,37,38). The first-order chi connectivity index (χ1) is 20.4. The average molecular weight is 600 g/mol. The molecule has 0 saturated heterocycles. The Kier molecular flexibility index (Phi) is 7.47. The van der Waals surface area contributed by atoms with E-state index in [2.05, 4.69) is 6.07 Å². The smallest absolute Gasteiger partial charge is 0.337 e. The summed E-state index contributed by atoms with van der Waals surface area (Å²) in [6, 6.07) is 20.7. The Morgan fingerprint density at radius 1 is 0.977 bits per heavy atom. The zero-order chi connectivity index (χ0) is 30.5. The second kappa shape index (κ2) is 11.0. The van der Waals surface area contributed by atoms with E-state index in [1.807, 2.05) is 76.2 Å². The highest BCUT2D eigenvalue weighted by Crippen LogP contribution is 2.46. The van der Waals surface area contributed by atoms with Gasteiger partial charge in [0.05, 0.1) is 22.8 Å². The number of rotatable bonds is 6. The Hall–Kier alpha value is -3.88. The van der Waals surface area contributed by atoms with Gasteiger partial charge in [-0.15, -0.1) is 0 Å². The van der Waals surface area contributed by atoms with E-state index in [-0.39, 0.29) is 4.90 Å². The van der Waals surface area contributed by atoms with Gasteiger partial charge in [-0.2, -0.15) is 0 Å². The number of carboxylic acids is 1. The normalized spacial score (nSPS) is 15.9. The number of fused-ring (bicyclic) bond motifs is 3. The third-order valence-electron chi connectivity index (χ3n) is 8.17. The van der Waals surface area contributed by atoms with Crippen LogP contribution in [0.25, 0.3) is 21.9 Å². The maximum atomic E-state index is 14.2. The molecule has 224 valence electrons. The molecule has 1 atom stereocenters. The number of carboxylic acid groups (broad SMARTS) is 1. The fourth-order valence-electron chi connectivity index (χ4n) is 6.35. The predicted octanol–water partition coefficient (Wildman–Crippen LogP) is 7.22. The molecule has 0 saturated carbocycles. The van der Waals surface area contributed by atoms with Gasteiger partial charge in [-0.1, -0.05) is 36.4 Å². The van der Waals surface area contributed by atoms with Crippen LogP contribution in [-0.2, 0) is 32.4 Å². The van der Waals surface area contributed by atoms with Crippen molar-refractivity contribution in [3.63, 3.8) is 0 Å². The maximum Gasteiger partial charge on any atom is 0.337 e. The topological polar surface area (TPSA) is 93.1 Å². The number of aliphatic carboxylic acids is 1. The number of anilines is 1. The molecule has 0 bridgehead atoms. The highest BCUT2D eigenvalue weighted by molar-refractivity contribution is 7.92. The molecule has 0 fully saturated rings. The van der Waals surface area contributed by atoms with Crippen molar-refractivity contribution in [2.24, 2.45) is 0 Å². The molecule has 0 amide bonds. The minimum Gasteiger partial charge on any atom is -0.493 e. The number of ether oxygens (including phenoxy) is 2. The molecule has 2 aliphatic rings. The lowest BCUT2D eigenvalue weighted by atomic mass is 9.83. The highest BCUT2D eigenvalue weighted by atomic mass is 32.2. The molecule has 4 aromatic carbocycles. The summed E-state index contributed by atoms with van der Waals surface area (Å²) < 4.78 is 42.0. The summed E-state index contributed by atoms with van der Waals surface area (Å²) >= 11 is 0. The Labute approximate surface area is 253 Å². The third-order valence-corrected chi connectivity index (χ3v) is 9.98. The van der Waals surface area contributed by atoms with Crippen LogP contribution in [0.3, 0.4) is 0 Å². The van der Waals surface area contributed by atoms with Gasteiger partial charge in [0.1, 0.15) is 5.75 Å². The van der Waals surface area contributed by atoms with E-state index in [4.69, 9.17) is 9.47 Å². The Bertz CT molecular complexity index is 1840. The number of aryl methyl sites for hydroxylation is 2. The molecule has 2 aliphatic heterocycles. The van der Waals surface area contributed by atoms with Crippen LogP contribution < -0.4 is 9.04 Å². The summed E-state index contributed by atoms with van der Waals surface area (Å²) in [6.45, 7) is 8.39. The van der Waals surface area contributed by atoms with Crippen LogP contribution >= 0.6 is 0 Å². The van der Waals surface area contributed by atoms with Crippen molar-refractivity contribution in [2.45, 2.75) is 70.0 Å². The number of hydrogen-bond acceptors (Lipinski definition) is 5. The largest absolute Gasteiger partial charge is 0.493 e. The molecule has 4 aromatic rings. The van der Waals surface area contributed by atoms with Crippen molar-refractivity contribution < 1.29 is 27.8 Å². The number of carbonyl (C=O) groups is 1. The van der Waals surface area contributed by atoms with Crippen LogP contribution in [-0.4, -0.2) is 38.2 Å². The Morgan fingerprint density at radius 2 is 1.74 bits per heavy atom. The van der Waals surface area contributed by atoms with E-state index in [1.54, 1.807) is 12.1 Å². The van der Waals surface area contributed by atoms with E-state index in [9.17, 15) is 18.3 Å². The molecule has 0 spiro atoms. The minimum absolute atomic E-state index is 0.206. The van der Waals surface area contributed by atoms with Gasteiger partial charge in [0.2, 0.25) is 0 Å². The van der Waals surface area contributed by atoms with Crippen LogP contribution in [0.15, 0.2) is 71.6 Å². The quantitative estimate of drug-likeness (QED) is 0.252. The lowest BCUT2D eigenvalue weighted by Gasteiger charge is -2.36. The fraction of sp³-hybridized carbons (Fsp3) is 0.343. The van der Waals surface area contributed by atoms with Gasteiger partial charge < -0.3 is 14.6 Å². The molecule has 1 unspecified atom stereocenters. The maximum absolute atomic E-state index is 14.2. The molecule has 0 aliphatic carbocycles. The highest BCUT2D eigenvalue weighted by Gasteiger charge is 2.38. The summed E-state index contributed by atoms with van der Waals surface area (Å²) in [5.74, 6) is -0.264. The third kappa shape index (κ3) is 5.50. The van der Waals surface area contributed by atoms with Gasteiger partial charge in [-0.3, -0.25) is 4.31 Å². The summed E-state index contributed by atoms with van der Waals surface area (Å²) in [5.41, 5.74) is 4.49. The predicted molar refractivity (Wildman–Crippen MR) is 168 cm³/mol. The molecule has 0 radical (unpaired) electrons. The second-order valence-corrected chi connectivity index (χ2v) is 14.3. The van der Waals surface area contributed by atoms with Crippen molar-refractivity contribution >= 4 is 32.5 Å². The van der Waals surface area contributed by atoms with E-state index in [1.165, 1.54) is 4.31 Å². The number of nitrogens with zero attached hydrogens (tertiary/aromatic N) is 1. The molecule has 6 rings (SSSR count). The van der Waals surface area contributed by atoms with Crippen molar-refractivity contribution in [3.8, 4) is 16.9 Å². The summed E-state index contributed by atoms with van der Waals surface area (Å²) in [5, 5.41) is 12.4. The van der Waals surface area contributed by atoms with E-state index < -0.39 is 27.7 Å². The van der Waals surface area contributed by atoms with Crippen LogP contribution in [0.2, 0.25) is 0 Å². The fourth-order valence-corrected chi connectivity index (χ4v) is 7.91. The van der Waals surface area contributed by atoms with Gasteiger partial charge >= 0.3 is 5.97 Å². The lowest BCUT2D eigenvalue weighted by Crippen LogP contribution is -2.37. The first kappa shape index (κ1) is 29.2. The number of sulfonamides is 1. The van der Waals surface area contributed by atoms with Crippen molar-refractivity contribution in [1.82, 2.24) is 0 Å². The zero-order valence-electron chi connectivity index (χ0n) is 25.0. The van der Waals surface area contributed by atoms with Crippen LogP contribution in [0.1, 0.15) is 62.0 Å². The van der Waals surface area contributed by atoms with Crippen molar-refractivity contribution in [2.75, 3.05) is 17.5 Å². The molecular weight excluding hydrogens is 562 g/mol. The molecule has 2 heterocycles. The first-order valence-electron chi connectivity index (χ1n) is 14.8. The molecule has 0 aromatic heterocycles. The van der Waals surface area contributed by atoms with Crippen molar-refractivity contribution in [3.05, 3.63) is 89.0 Å². The summed E-state index contributed by atoms with van der Waals surface area (Å²) in [7, 11) is -3.94. The molecule has 43 heavy (non-hydrogen) atoms. The Morgan fingerprint density at radius 3 is 2.49 bits per heavy atom.